The third kappa shape index (κ3) is 7.94. The molecule has 0 rings (SSSR count). The minimum atomic E-state index is -0.327. The molecule has 0 aromatic heterocycles. The lowest BCUT2D eigenvalue weighted by atomic mass is 10.1. The van der Waals surface area contributed by atoms with Crippen LogP contribution in [0, 0.1) is 5.92 Å². The highest BCUT2D eigenvalue weighted by atomic mass is 16.5. The summed E-state index contributed by atoms with van der Waals surface area (Å²) in [5.41, 5.74) is 0.665. The first-order valence-electron chi connectivity index (χ1n) is 6.17. The third-order valence-corrected chi connectivity index (χ3v) is 2.44. The van der Waals surface area contributed by atoms with E-state index in [9.17, 15) is 9.90 Å². The molecule has 0 saturated heterocycles. The van der Waals surface area contributed by atoms with Crippen LogP contribution < -0.4 is 5.32 Å². The first-order chi connectivity index (χ1) is 8.01. The molecule has 100 valence electrons. The number of carbonyl (C=O) groups excluding carboxylic acids is 1. The summed E-state index contributed by atoms with van der Waals surface area (Å²) >= 11 is 0. The average Bonchev–Trinajstić information content (AvgIpc) is 2.27. The van der Waals surface area contributed by atoms with Gasteiger partial charge in [0.15, 0.2) is 0 Å². The van der Waals surface area contributed by atoms with Crippen LogP contribution in [0.25, 0.3) is 0 Å². The number of hydrogen-bond donors (Lipinski definition) is 2. The van der Waals surface area contributed by atoms with Crippen LogP contribution >= 0.6 is 0 Å². The highest BCUT2D eigenvalue weighted by Gasteiger charge is 2.07. The first-order valence-corrected chi connectivity index (χ1v) is 6.17. The third-order valence-electron chi connectivity index (χ3n) is 2.44. The van der Waals surface area contributed by atoms with E-state index in [1.807, 2.05) is 13.0 Å². The van der Waals surface area contributed by atoms with E-state index in [0.717, 1.165) is 6.42 Å². The maximum absolute atomic E-state index is 11.2. The van der Waals surface area contributed by atoms with E-state index in [1.165, 1.54) is 7.11 Å². The number of aliphatic hydroxyl groups excluding tert-OH is 1. The second kappa shape index (κ2) is 9.19. The van der Waals surface area contributed by atoms with Crippen LogP contribution in [0.1, 0.15) is 33.6 Å². The molecule has 0 aromatic rings. The summed E-state index contributed by atoms with van der Waals surface area (Å²) < 4.78 is 4.65. The molecular formula is C13H25NO3. The van der Waals surface area contributed by atoms with E-state index in [0.29, 0.717) is 31.0 Å². The topological polar surface area (TPSA) is 58.6 Å². The molecule has 0 heterocycles. The van der Waals surface area contributed by atoms with Crippen LogP contribution in [0.4, 0.5) is 0 Å². The first kappa shape index (κ1) is 16.1. The van der Waals surface area contributed by atoms with Gasteiger partial charge >= 0.3 is 5.97 Å². The summed E-state index contributed by atoms with van der Waals surface area (Å²) in [7, 11) is 1.38. The Morgan fingerprint density at radius 3 is 2.59 bits per heavy atom. The van der Waals surface area contributed by atoms with Gasteiger partial charge in [0, 0.05) is 18.7 Å². The van der Waals surface area contributed by atoms with Crippen LogP contribution in [0.3, 0.4) is 0 Å². The number of nitrogens with one attached hydrogen (secondary N) is 1. The summed E-state index contributed by atoms with van der Waals surface area (Å²) in [6.45, 7) is 7.20. The molecule has 0 aliphatic rings. The lowest BCUT2D eigenvalue weighted by Gasteiger charge is -2.13. The quantitative estimate of drug-likeness (QED) is 0.385. The molecule has 0 bridgehead atoms. The van der Waals surface area contributed by atoms with Crippen LogP contribution in [-0.2, 0) is 9.53 Å². The lowest BCUT2D eigenvalue weighted by Crippen LogP contribution is -2.28. The molecule has 4 nitrogen and oxygen atoms in total. The summed E-state index contributed by atoms with van der Waals surface area (Å²) in [5.74, 6) is 0.209. The maximum atomic E-state index is 11.2. The van der Waals surface area contributed by atoms with Gasteiger partial charge in [-0.1, -0.05) is 26.8 Å². The molecule has 1 atom stereocenters. The van der Waals surface area contributed by atoms with Crippen molar-refractivity contribution in [2.45, 2.75) is 39.7 Å². The molecule has 17 heavy (non-hydrogen) atoms. The zero-order valence-electron chi connectivity index (χ0n) is 11.3. The van der Waals surface area contributed by atoms with Gasteiger partial charge in [-0.05, 0) is 18.8 Å². The number of aliphatic hydroxyl groups is 1. The zero-order chi connectivity index (χ0) is 13.3. The molecule has 0 spiro atoms. The maximum Gasteiger partial charge on any atom is 0.333 e. The second-order valence-electron chi connectivity index (χ2n) is 4.52. The SMILES string of the molecule is CCC(=CCNCC(O)CC(C)C)C(=O)OC. The minimum absolute atomic E-state index is 0.281. The van der Waals surface area contributed by atoms with Crippen molar-refractivity contribution in [3.63, 3.8) is 0 Å². The van der Waals surface area contributed by atoms with Crippen molar-refractivity contribution in [1.29, 1.82) is 0 Å². The van der Waals surface area contributed by atoms with Crippen LogP contribution in [0.2, 0.25) is 0 Å². The fraction of sp³-hybridized carbons (Fsp3) is 0.769. The Labute approximate surface area is 104 Å². The fourth-order valence-electron chi connectivity index (χ4n) is 1.58. The van der Waals surface area contributed by atoms with Gasteiger partial charge in [-0.3, -0.25) is 0 Å². The molecule has 0 amide bonds. The molecule has 0 saturated carbocycles. The Morgan fingerprint density at radius 1 is 1.47 bits per heavy atom. The smallest absolute Gasteiger partial charge is 0.333 e. The Kier molecular flexibility index (Phi) is 8.72. The minimum Gasteiger partial charge on any atom is -0.466 e. The van der Waals surface area contributed by atoms with Gasteiger partial charge in [-0.25, -0.2) is 4.79 Å². The van der Waals surface area contributed by atoms with E-state index in [2.05, 4.69) is 23.9 Å². The molecule has 0 aliphatic carbocycles. The largest absolute Gasteiger partial charge is 0.466 e. The Morgan fingerprint density at radius 2 is 2.12 bits per heavy atom. The van der Waals surface area contributed by atoms with Crippen molar-refractivity contribution in [1.82, 2.24) is 5.32 Å². The van der Waals surface area contributed by atoms with Gasteiger partial charge in [-0.2, -0.15) is 0 Å². The summed E-state index contributed by atoms with van der Waals surface area (Å²) in [6.07, 6.45) is 2.93. The van der Waals surface area contributed by atoms with Crippen LogP contribution in [0.5, 0.6) is 0 Å². The van der Waals surface area contributed by atoms with Gasteiger partial charge in [0.1, 0.15) is 0 Å². The van der Waals surface area contributed by atoms with E-state index < -0.39 is 0 Å². The fourth-order valence-corrected chi connectivity index (χ4v) is 1.58. The van der Waals surface area contributed by atoms with Crippen molar-refractivity contribution < 1.29 is 14.6 Å². The summed E-state index contributed by atoms with van der Waals surface area (Å²) in [4.78, 5) is 11.2. The van der Waals surface area contributed by atoms with E-state index in [-0.39, 0.29) is 12.1 Å². The second-order valence-corrected chi connectivity index (χ2v) is 4.52. The molecule has 2 N–H and O–H groups in total. The normalized spacial score (nSPS) is 13.9. The molecule has 0 aromatic carbocycles. The number of ether oxygens (including phenoxy) is 1. The molecule has 1 unspecified atom stereocenters. The molecule has 0 radical (unpaired) electrons. The number of rotatable bonds is 8. The predicted octanol–water partition coefficient (Wildman–Crippen LogP) is 1.49. The van der Waals surface area contributed by atoms with Crippen molar-refractivity contribution in [2.75, 3.05) is 20.2 Å². The highest BCUT2D eigenvalue weighted by molar-refractivity contribution is 5.88. The van der Waals surface area contributed by atoms with Gasteiger partial charge in [0.05, 0.1) is 13.2 Å². The molecular weight excluding hydrogens is 218 g/mol. The van der Waals surface area contributed by atoms with E-state index in [1.54, 1.807) is 0 Å². The monoisotopic (exact) mass is 243 g/mol. The lowest BCUT2D eigenvalue weighted by molar-refractivity contribution is -0.136. The standard InChI is InChI=1S/C13H25NO3/c1-5-11(13(16)17-4)6-7-14-9-12(15)8-10(2)3/h6,10,12,14-15H,5,7-9H2,1-4H3. The van der Waals surface area contributed by atoms with E-state index >= 15 is 0 Å². The van der Waals surface area contributed by atoms with Crippen molar-refractivity contribution >= 4 is 5.97 Å². The molecule has 4 heteroatoms. The van der Waals surface area contributed by atoms with Crippen molar-refractivity contribution in [2.24, 2.45) is 5.92 Å². The predicted molar refractivity (Wildman–Crippen MR) is 68.7 cm³/mol. The number of carbonyl (C=O) groups is 1. The highest BCUT2D eigenvalue weighted by Crippen LogP contribution is 2.04. The number of methoxy groups -OCH3 is 1. The van der Waals surface area contributed by atoms with Gasteiger partial charge in [0.2, 0.25) is 0 Å². The van der Waals surface area contributed by atoms with Crippen molar-refractivity contribution in [3.8, 4) is 0 Å². The number of hydrogen-bond acceptors (Lipinski definition) is 4. The summed E-state index contributed by atoms with van der Waals surface area (Å²) in [5, 5.41) is 12.7. The zero-order valence-corrected chi connectivity index (χ0v) is 11.3. The van der Waals surface area contributed by atoms with Crippen molar-refractivity contribution in [3.05, 3.63) is 11.6 Å². The van der Waals surface area contributed by atoms with E-state index in [4.69, 9.17) is 0 Å². The summed E-state index contributed by atoms with van der Waals surface area (Å²) in [6, 6.07) is 0. The van der Waals surface area contributed by atoms with Crippen LogP contribution in [0.15, 0.2) is 11.6 Å². The van der Waals surface area contributed by atoms with Gasteiger partial charge in [0.25, 0.3) is 0 Å². The van der Waals surface area contributed by atoms with Crippen LogP contribution in [-0.4, -0.2) is 37.4 Å². The Balaban J connectivity index is 3.88. The average molecular weight is 243 g/mol. The van der Waals surface area contributed by atoms with Gasteiger partial charge in [-0.15, -0.1) is 0 Å². The Bertz CT molecular complexity index is 249. The number of esters is 1. The van der Waals surface area contributed by atoms with Gasteiger partial charge < -0.3 is 15.2 Å². The molecule has 0 aliphatic heterocycles. The molecule has 0 fully saturated rings. The Hall–Kier alpha value is -0.870.